The molecule has 1 aromatic heterocycles. The Morgan fingerprint density at radius 1 is 1.12 bits per heavy atom. The van der Waals surface area contributed by atoms with Crippen LogP contribution in [0.4, 0.5) is 5.69 Å². The number of hydrogen-bond donors (Lipinski definition) is 1. The van der Waals surface area contributed by atoms with Gasteiger partial charge in [-0.1, -0.05) is 12.1 Å². The predicted octanol–water partition coefficient (Wildman–Crippen LogP) is 1.15. The van der Waals surface area contributed by atoms with Gasteiger partial charge in [0, 0.05) is 24.2 Å². The lowest BCUT2D eigenvalue weighted by Gasteiger charge is -2.13. The topological polar surface area (TPSA) is 107 Å². The first-order chi connectivity index (χ1) is 11.9. The third-order valence-electron chi connectivity index (χ3n) is 3.88. The summed E-state index contributed by atoms with van der Waals surface area (Å²) in [7, 11) is -3.55. The zero-order valence-corrected chi connectivity index (χ0v) is 14.7. The average Bonchev–Trinajstić information content (AvgIpc) is 3.27. The first kappa shape index (κ1) is 17.6. The van der Waals surface area contributed by atoms with E-state index in [0.717, 1.165) is 24.2 Å². The Hall–Kier alpha value is -2.23. The van der Waals surface area contributed by atoms with Gasteiger partial charge in [-0.3, -0.25) is 4.79 Å². The fourth-order valence-corrected chi connectivity index (χ4v) is 5.21. The number of rotatable bonds is 5. The van der Waals surface area contributed by atoms with Crippen LogP contribution < -0.4 is 10.4 Å². The Kier molecular flexibility index (Phi) is 4.89. The van der Waals surface area contributed by atoms with Crippen LogP contribution in [0.15, 0.2) is 40.6 Å². The van der Waals surface area contributed by atoms with Gasteiger partial charge in [0.1, 0.15) is 0 Å². The highest BCUT2D eigenvalue weighted by Crippen LogP contribution is 2.26. The highest BCUT2D eigenvalue weighted by molar-refractivity contribution is 7.89. The molecule has 0 bridgehead atoms. The molecule has 132 valence electrons. The zero-order chi connectivity index (χ0) is 18.0. The molecular formula is C16H15N2O5S2-. The first-order valence-electron chi connectivity index (χ1n) is 7.59. The van der Waals surface area contributed by atoms with E-state index in [9.17, 15) is 23.1 Å². The van der Waals surface area contributed by atoms with Gasteiger partial charge in [0.2, 0.25) is 10.0 Å². The lowest BCUT2D eigenvalue weighted by molar-refractivity contribution is -0.255. The number of carbonyl (C=O) groups is 2. The van der Waals surface area contributed by atoms with E-state index in [1.54, 1.807) is 0 Å². The Morgan fingerprint density at radius 2 is 1.76 bits per heavy atom. The van der Waals surface area contributed by atoms with Gasteiger partial charge < -0.3 is 15.2 Å². The summed E-state index contributed by atoms with van der Waals surface area (Å²) in [5.74, 6) is -1.75. The van der Waals surface area contributed by atoms with Crippen LogP contribution in [0, 0.1) is 0 Å². The van der Waals surface area contributed by atoms with Crippen LogP contribution in [0.5, 0.6) is 0 Å². The van der Waals surface area contributed by atoms with Gasteiger partial charge in [-0.05, 0) is 36.6 Å². The zero-order valence-electron chi connectivity index (χ0n) is 13.1. The summed E-state index contributed by atoms with van der Waals surface area (Å²) >= 11 is 1.05. The summed E-state index contributed by atoms with van der Waals surface area (Å²) in [6.45, 7) is 1.01. The number of carboxylic acid groups (broad SMARTS) is 1. The molecule has 0 radical (unpaired) electrons. The minimum absolute atomic E-state index is 0.00751. The number of aromatic carboxylic acids is 1. The van der Waals surface area contributed by atoms with Crippen LogP contribution in [0.3, 0.4) is 0 Å². The van der Waals surface area contributed by atoms with Gasteiger partial charge in [-0.25, -0.2) is 8.42 Å². The minimum atomic E-state index is -3.55. The molecule has 9 heteroatoms. The lowest BCUT2D eigenvalue weighted by Crippen LogP contribution is -2.27. The smallest absolute Gasteiger partial charge is 0.265 e. The monoisotopic (exact) mass is 379 g/mol. The standard InChI is InChI=1S/C16H16N2O5S2/c19-15(17-12-5-3-11(4-6-12)16(20)21)14-9-13(10-24-14)25(22,23)18-7-1-2-8-18/h3-6,9-10H,1-2,7-8H2,(H,17,19)(H,20,21)/p-1. The van der Waals surface area contributed by atoms with Crippen molar-refractivity contribution < 1.29 is 23.1 Å². The molecule has 7 nitrogen and oxygen atoms in total. The molecule has 1 aliphatic rings. The summed E-state index contributed by atoms with van der Waals surface area (Å²) in [6, 6.07) is 6.89. The van der Waals surface area contributed by atoms with E-state index in [2.05, 4.69) is 5.32 Å². The lowest BCUT2D eigenvalue weighted by atomic mass is 10.2. The number of anilines is 1. The van der Waals surface area contributed by atoms with Crippen LogP contribution in [-0.2, 0) is 10.0 Å². The largest absolute Gasteiger partial charge is 0.545 e. The second-order valence-corrected chi connectivity index (χ2v) is 8.43. The van der Waals surface area contributed by atoms with Crippen LogP contribution >= 0.6 is 11.3 Å². The highest BCUT2D eigenvalue weighted by atomic mass is 32.2. The van der Waals surface area contributed by atoms with Gasteiger partial charge in [0.15, 0.2) is 0 Å². The van der Waals surface area contributed by atoms with Gasteiger partial charge in [0.05, 0.1) is 15.7 Å². The van der Waals surface area contributed by atoms with Gasteiger partial charge in [-0.15, -0.1) is 11.3 Å². The van der Waals surface area contributed by atoms with Crippen molar-refractivity contribution in [1.82, 2.24) is 4.31 Å². The molecule has 25 heavy (non-hydrogen) atoms. The van der Waals surface area contributed by atoms with Crippen molar-refractivity contribution in [1.29, 1.82) is 0 Å². The summed E-state index contributed by atoms with van der Waals surface area (Å²) in [6.07, 6.45) is 1.69. The second-order valence-electron chi connectivity index (χ2n) is 5.58. The number of amides is 1. The molecule has 2 aromatic rings. The van der Waals surface area contributed by atoms with Crippen molar-refractivity contribution >= 4 is 38.9 Å². The molecule has 0 aliphatic carbocycles. The third kappa shape index (κ3) is 3.73. The number of hydrogen-bond acceptors (Lipinski definition) is 6. The van der Waals surface area contributed by atoms with Crippen LogP contribution in [0.2, 0.25) is 0 Å². The van der Waals surface area contributed by atoms with Crippen LogP contribution in [0.1, 0.15) is 32.9 Å². The maximum absolute atomic E-state index is 12.5. The van der Waals surface area contributed by atoms with Crippen molar-refractivity contribution in [2.45, 2.75) is 17.7 Å². The molecular weight excluding hydrogens is 364 g/mol. The average molecular weight is 379 g/mol. The van der Waals surface area contributed by atoms with Crippen molar-refractivity contribution in [3.8, 4) is 0 Å². The summed E-state index contributed by atoms with van der Waals surface area (Å²) < 4.78 is 26.4. The Morgan fingerprint density at radius 3 is 2.36 bits per heavy atom. The molecule has 1 aliphatic heterocycles. The fourth-order valence-electron chi connectivity index (χ4n) is 2.53. The predicted molar refractivity (Wildman–Crippen MR) is 91.0 cm³/mol. The number of nitrogens with one attached hydrogen (secondary N) is 1. The van der Waals surface area contributed by atoms with Crippen molar-refractivity contribution in [2.24, 2.45) is 0 Å². The highest BCUT2D eigenvalue weighted by Gasteiger charge is 2.28. The molecule has 1 aromatic carbocycles. The summed E-state index contributed by atoms with van der Waals surface area (Å²) in [5, 5.41) is 14.8. The Labute approximate surface area is 149 Å². The van der Waals surface area contributed by atoms with Crippen molar-refractivity contribution in [3.63, 3.8) is 0 Å². The number of benzene rings is 1. The van der Waals surface area contributed by atoms with E-state index in [1.165, 1.54) is 40.0 Å². The van der Waals surface area contributed by atoms with E-state index in [0.29, 0.717) is 18.8 Å². The quantitative estimate of drug-likeness (QED) is 0.839. The normalized spacial score (nSPS) is 15.2. The fraction of sp³-hybridized carbons (Fsp3) is 0.250. The van der Waals surface area contributed by atoms with Crippen molar-refractivity contribution in [2.75, 3.05) is 18.4 Å². The maximum atomic E-state index is 12.5. The summed E-state index contributed by atoms with van der Waals surface area (Å²) in [5.41, 5.74) is 0.417. The van der Waals surface area contributed by atoms with Gasteiger partial charge in [-0.2, -0.15) is 4.31 Å². The van der Waals surface area contributed by atoms with E-state index in [4.69, 9.17) is 0 Å². The first-order valence-corrected chi connectivity index (χ1v) is 9.91. The molecule has 0 unspecified atom stereocenters. The minimum Gasteiger partial charge on any atom is -0.545 e. The second kappa shape index (κ2) is 6.95. The van der Waals surface area contributed by atoms with Crippen molar-refractivity contribution in [3.05, 3.63) is 46.2 Å². The molecule has 1 N–H and O–H groups in total. The van der Waals surface area contributed by atoms with Crippen LogP contribution in [-0.4, -0.2) is 37.7 Å². The van der Waals surface area contributed by atoms with Crippen LogP contribution in [0.25, 0.3) is 0 Å². The van der Waals surface area contributed by atoms with E-state index >= 15 is 0 Å². The molecule has 1 amide bonds. The molecule has 2 heterocycles. The number of carbonyl (C=O) groups excluding carboxylic acids is 2. The SMILES string of the molecule is O=C([O-])c1ccc(NC(=O)c2cc(S(=O)(=O)N3CCCC3)cs2)cc1. The number of sulfonamides is 1. The number of carboxylic acids is 1. The molecule has 0 saturated carbocycles. The van der Waals surface area contributed by atoms with E-state index < -0.39 is 21.9 Å². The molecule has 1 fully saturated rings. The van der Waals surface area contributed by atoms with E-state index in [-0.39, 0.29) is 15.3 Å². The number of thiophene rings is 1. The maximum Gasteiger partial charge on any atom is 0.265 e. The number of nitrogens with zero attached hydrogens (tertiary/aromatic N) is 1. The van der Waals surface area contributed by atoms with Gasteiger partial charge >= 0.3 is 0 Å². The Bertz CT molecular complexity index is 897. The molecule has 0 atom stereocenters. The Balaban J connectivity index is 1.73. The molecule has 1 saturated heterocycles. The third-order valence-corrected chi connectivity index (χ3v) is 6.84. The van der Waals surface area contributed by atoms with Gasteiger partial charge in [0.25, 0.3) is 5.91 Å². The van der Waals surface area contributed by atoms with E-state index in [1.807, 2.05) is 0 Å². The molecule has 3 rings (SSSR count). The summed E-state index contributed by atoms with van der Waals surface area (Å²) in [4.78, 5) is 23.3. The molecule has 0 spiro atoms.